The Morgan fingerprint density at radius 3 is 2.94 bits per heavy atom. The number of aromatic nitrogens is 1. The van der Waals surface area contributed by atoms with Crippen molar-refractivity contribution in [3.8, 4) is 0 Å². The molecule has 2 aliphatic rings. The molecule has 0 amide bonds. The Morgan fingerprint density at radius 1 is 1.56 bits per heavy atom. The Balaban J connectivity index is 1.81. The van der Waals surface area contributed by atoms with Crippen molar-refractivity contribution in [3.05, 3.63) is 16.1 Å². The summed E-state index contributed by atoms with van der Waals surface area (Å²) in [6.45, 7) is 2.95. The van der Waals surface area contributed by atoms with Crippen LogP contribution in [0.4, 0.5) is 0 Å². The summed E-state index contributed by atoms with van der Waals surface area (Å²) in [5.41, 5.74) is 6.51. The lowest BCUT2D eigenvalue weighted by Crippen LogP contribution is -2.37. The molecule has 3 unspecified atom stereocenters. The Hall–Kier alpha value is -0.410. The molecule has 0 aromatic carbocycles. The Bertz CT molecular complexity index is 387. The zero-order valence-electron chi connectivity index (χ0n) is 9.91. The average Bonchev–Trinajstić information content (AvgIpc) is 2.94. The Labute approximate surface area is 101 Å². The second-order valence-corrected chi connectivity index (χ2v) is 6.99. The van der Waals surface area contributed by atoms with Gasteiger partial charge in [0.1, 0.15) is 0 Å². The maximum absolute atomic E-state index is 6.09. The maximum Gasteiger partial charge on any atom is 0.0896 e. The molecule has 2 fully saturated rings. The van der Waals surface area contributed by atoms with Crippen molar-refractivity contribution in [2.45, 2.75) is 39.0 Å². The summed E-state index contributed by atoms with van der Waals surface area (Å²) in [4.78, 5) is 5.80. The molecule has 0 spiro atoms. The normalized spacial score (nSPS) is 37.1. The van der Waals surface area contributed by atoms with Crippen molar-refractivity contribution in [2.75, 3.05) is 6.54 Å². The monoisotopic (exact) mass is 236 g/mol. The van der Waals surface area contributed by atoms with Gasteiger partial charge in [-0.15, -0.1) is 11.3 Å². The lowest BCUT2D eigenvalue weighted by atomic mass is 9.70. The molecule has 2 saturated carbocycles. The molecule has 88 valence electrons. The van der Waals surface area contributed by atoms with Crippen LogP contribution < -0.4 is 5.73 Å². The van der Waals surface area contributed by atoms with Crippen LogP contribution in [-0.4, -0.2) is 11.5 Å². The van der Waals surface area contributed by atoms with Crippen LogP contribution in [0.3, 0.4) is 0 Å². The van der Waals surface area contributed by atoms with Gasteiger partial charge in [-0.3, -0.25) is 0 Å². The highest BCUT2D eigenvalue weighted by Crippen LogP contribution is 2.57. The van der Waals surface area contributed by atoms with Gasteiger partial charge in [0.2, 0.25) is 0 Å². The van der Waals surface area contributed by atoms with Crippen LogP contribution >= 0.6 is 11.3 Å². The minimum atomic E-state index is 0.419. The van der Waals surface area contributed by atoms with Gasteiger partial charge in [-0.25, -0.2) is 4.98 Å². The van der Waals surface area contributed by atoms with E-state index in [4.69, 9.17) is 5.73 Å². The summed E-state index contributed by atoms with van der Waals surface area (Å²) in [5.74, 6) is 1.87. The fourth-order valence-corrected chi connectivity index (χ4v) is 4.88. The van der Waals surface area contributed by atoms with E-state index in [0.29, 0.717) is 5.41 Å². The van der Waals surface area contributed by atoms with Gasteiger partial charge in [0.15, 0.2) is 0 Å². The van der Waals surface area contributed by atoms with Crippen LogP contribution in [-0.2, 0) is 6.42 Å². The maximum atomic E-state index is 6.09. The molecule has 0 aliphatic heterocycles. The Kier molecular flexibility index (Phi) is 2.55. The lowest BCUT2D eigenvalue weighted by Gasteiger charge is -2.36. The molecule has 16 heavy (non-hydrogen) atoms. The smallest absolute Gasteiger partial charge is 0.0896 e. The van der Waals surface area contributed by atoms with Crippen LogP contribution in [0.1, 0.15) is 35.6 Å². The van der Waals surface area contributed by atoms with Gasteiger partial charge in [0.05, 0.1) is 5.01 Å². The van der Waals surface area contributed by atoms with E-state index >= 15 is 0 Å². The third-order valence-electron chi connectivity index (χ3n) is 4.70. The SMILES string of the molecule is Cc1ncc(CC2(CN)CC3CCC2C3)s1. The molecule has 0 saturated heterocycles. The van der Waals surface area contributed by atoms with Gasteiger partial charge >= 0.3 is 0 Å². The van der Waals surface area contributed by atoms with Gasteiger partial charge in [0, 0.05) is 11.1 Å². The highest BCUT2D eigenvalue weighted by atomic mass is 32.1. The number of aryl methyl sites for hydroxylation is 1. The minimum Gasteiger partial charge on any atom is -0.330 e. The first kappa shape index (κ1) is 10.7. The largest absolute Gasteiger partial charge is 0.330 e. The summed E-state index contributed by atoms with van der Waals surface area (Å²) in [6.07, 6.45) is 8.91. The van der Waals surface area contributed by atoms with Gasteiger partial charge in [0.25, 0.3) is 0 Å². The van der Waals surface area contributed by atoms with Crippen molar-refractivity contribution in [2.24, 2.45) is 23.0 Å². The standard InChI is InChI=1S/C13H20N2S/c1-9-15-7-12(16-9)6-13(8-14)5-10-2-3-11(13)4-10/h7,10-11H,2-6,8,14H2,1H3. The summed E-state index contributed by atoms with van der Waals surface area (Å²) in [7, 11) is 0. The number of thiazole rings is 1. The summed E-state index contributed by atoms with van der Waals surface area (Å²) in [5, 5.41) is 1.19. The fraction of sp³-hybridized carbons (Fsp3) is 0.769. The summed E-state index contributed by atoms with van der Waals surface area (Å²) < 4.78 is 0. The highest BCUT2D eigenvalue weighted by molar-refractivity contribution is 7.11. The molecular weight excluding hydrogens is 216 g/mol. The van der Waals surface area contributed by atoms with E-state index in [2.05, 4.69) is 18.1 Å². The first-order chi connectivity index (χ1) is 7.72. The average molecular weight is 236 g/mol. The Morgan fingerprint density at radius 2 is 2.44 bits per heavy atom. The molecule has 3 atom stereocenters. The second kappa shape index (κ2) is 3.81. The summed E-state index contributed by atoms with van der Waals surface area (Å²) in [6, 6.07) is 0. The third-order valence-corrected chi connectivity index (χ3v) is 5.62. The minimum absolute atomic E-state index is 0.419. The predicted molar refractivity (Wildman–Crippen MR) is 67.5 cm³/mol. The molecule has 1 heterocycles. The molecule has 3 rings (SSSR count). The predicted octanol–water partition coefficient (Wildman–Crippen LogP) is 2.76. The van der Waals surface area contributed by atoms with Crippen LogP contribution in [0.5, 0.6) is 0 Å². The van der Waals surface area contributed by atoms with E-state index < -0.39 is 0 Å². The molecule has 0 radical (unpaired) electrons. The number of fused-ring (bicyclic) bond motifs is 2. The van der Waals surface area contributed by atoms with Crippen molar-refractivity contribution < 1.29 is 0 Å². The molecule has 2 aliphatic carbocycles. The van der Waals surface area contributed by atoms with E-state index in [0.717, 1.165) is 18.4 Å². The van der Waals surface area contributed by atoms with Crippen LogP contribution in [0.25, 0.3) is 0 Å². The van der Waals surface area contributed by atoms with Crippen molar-refractivity contribution >= 4 is 11.3 Å². The first-order valence-electron chi connectivity index (χ1n) is 6.33. The zero-order valence-corrected chi connectivity index (χ0v) is 10.7. The van der Waals surface area contributed by atoms with E-state index in [1.807, 2.05) is 11.3 Å². The van der Waals surface area contributed by atoms with E-state index in [9.17, 15) is 0 Å². The lowest BCUT2D eigenvalue weighted by molar-refractivity contribution is 0.173. The first-order valence-corrected chi connectivity index (χ1v) is 7.15. The van der Waals surface area contributed by atoms with Gasteiger partial charge < -0.3 is 5.73 Å². The number of rotatable bonds is 3. The molecule has 1 aromatic rings. The zero-order chi connectivity index (χ0) is 11.2. The number of hydrogen-bond acceptors (Lipinski definition) is 3. The number of nitrogens with two attached hydrogens (primary N) is 1. The van der Waals surface area contributed by atoms with E-state index in [1.54, 1.807) is 0 Å². The third kappa shape index (κ3) is 1.61. The van der Waals surface area contributed by atoms with Crippen molar-refractivity contribution in [1.29, 1.82) is 0 Å². The summed E-state index contributed by atoms with van der Waals surface area (Å²) >= 11 is 1.85. The quantitative estimate of drug-likeness (QED) is 0.876. The van der Waals surface area contributed by atoms with Crippen molar-refractivity contribution in [3.63, 3.8) is 0 Å². The van der Waals surface area contributed by atoms with Crippen molar-refractivity contribution in [1.82, 2.24) is 4.98 Å². The highest BCUT2D eigenvalue weighted by Gasteiger charge is 2.49. The molecular formula is C13H20N2S. The van der Waals surface area contributed by atoms with Gasteiger partial charge in [-0.2, -0.15) is 0 Å². The molecule has 2 N–H and O–H groups in total. The molecule has 3 heteroatoms. The van der Waals surface area contributed by atoms with Gasteiger partial charge in [-0.1, -0.05) is 6.42 Å². The number of nitrogens with zero attached hydrogens (tertiary/aromatic N) is 1. The van der Waals surface area contributed by atoms with Crippen LogP contribution in [0, 0.1) is 24.2 Å². The van der Waals surface area contributed by atoms with Gasteiger partial charge in [-0.05, 0) is 56.4 Å². The van der Waals surface area contributed by atoms with Crippen LogP contribution in [0.2, 0.25) is 0 Å². The fourth-order valence-electron chi connectivity index (χ4n) is 3.93. The molecule has 2 bridgehead atoms. The molecule has 2 nitrogen and oxygen atoms in total. The van der Waals surface area contributed by atoms with E-state index in [-0.39, 0.29) is 0 Å². The van der Waals surface area contributed by atoms with Crippen LogP contribution in [0.15, 0.2) is 6.20 Å². The topological polar surface area (TPSA) is 38.9 Å². The molecule has 1 aromatic heterocycles. The van der Waals surface area contributed by atoms with E-state index in [1.165, 1.54) is 42.0 Å². The number of hydrogen-bond donors (Lipinski definition) is 1. The second-order valence-electron chi connectivity index (χ2n) is 5.67.